The lowest BCUT2D eigenvalue weighted by atomic mass is 10.1. The maximum Gasteiger partial charge on any atom is 0.0893 e. The van der Waals surface area contributed by atoms with Crippen LogP contribution >= 0.6 is 0 Å². The molecule has 0 unspecified atom stereocenters. The minimum Gasteiger partial charge on any atom is -0.473 e. The van der Waals surface area contributed by atoms with Crippen LogP contribution in [0.25, 0.3) is 0 Å². The summed E-state index contributed by atoms with van der Waals surface area (Å²) in [6.07, 6.45) is 13.5. The molecule has 0 fully saturated rings. The number of ether oxygens (including phenoxy) is 1. The van der Waals surface area contributed by atoms with Crippen molar-refractivity contribution in [2.75, 3.05) is 13.2 Å². The van der Waals surface area contributed by atoms with Crippen LogP contribution in [-0.2, 0) is 4.74 Å². The van der Waals surface area contributed by atoms with Crippen LogP contribution in [0.5, 0.6) is 0 Å². The summed E-state index contributed by atoms with van der Waals surface area (Å²) in [4.78, 5) is 0. The molecule has 0 aliphatic heterocycles. The summed E-state index contributed by atoms with van der Waals surface area (Å²) >= 11 is 0. The van der Waals surface area contributed by atoms with Gasteiger partial charge in [0.1, 0.15) is 0 Å². The predicted octanol–water partition coefficient (Wildman–Crippen LogP) is 5.58. The molecular formula is C20H40O3. The van der Waals surface area contributed by atoms with Gasteiger partial charge in [-0.1, -0.05) is 47.5 Å². The predicted molar refractivity (Wildman–Crippen MR) is 100 cm³/mol. The van der Waals surface area contributed by atoms with Crippen LogP contribution in [0.3, 0.4) is 0 Å². The first-order valence-electron chi connectivity index (χ1n) is 9.32. The Morgan fingerprint density at radius 1 is 0.826 bits per heavy atom. The molecule has 0 heterocycles. The highest BCUT2D eigenvalue weighted by atomic mass is 16.5. The fraction of sp³-hybridized carbons (Fsp3) is 0.800. The van der Waals surface area contributed by atoms with Crippen molar-refractivity contribution in [3.63, 3.8) is 0 Å². The van der Waals surface area contributed by atoms with Crippen molar-refractivity contribution in [3.05, 3.63) is 23.7 Å². The van der Waals surface area contributed by atoms with E-state index in [4.69, 9.17) is 14.9 Å². The van der Waals surface area contributed by atoms with Gasteiger partial charge >= 0.3 is 0 Å². The lowest BCUT2D eigenvalue weighted by Gasteiger charge is -2.05. The monoisotopic (exact) mass is 328 g/mol. The zero-order valence-corrected chi connectivity index (χ0v) is 16.1. The topological polar surface area (TPSA) is 49.7 Å². The number of aliphatic hydroxyl groups excluding tert-OH is 2. The molecule has 0 aliphatic carbocycles. The van der Waals surface area contributed by atoms with Crippen molar-refractivity contribution in [2.45, 2.75) is 86.0 Å². The minimum atomic E-state index is 0.0463. The van der Waals surface area contributed by atoms with E-state index in [-0.39, 0.29) is 19.1 Å². The van der Waals surface area contributed by atoms with Gasteiger partial charge in [-0.3, -0.25) is 0 Å². The van der Waals surface area contributed by atoms with E-state index in [2.05, 4.69) is 27.7 Å². The standard InChI is InChI=1S/C16H30O.C4H10O2/c1-5-9-11-15(7-3)13-17-14-16(8-4)12-10-6-2;1-4(2-5)3-6/h13-14H,5-12H2,1-4H3;4-6H,2-3H2,1H3. The van der Waals surface area contributed by atoms with Crippen molar-refractivity contribution in [1.82, 2.24) is 0 Å². The van der Waals surface area contributed by atoms with Crippen LogP contribution in [0.15, 0.2) is 23.7 Å². The molecule has 2 N–H and O–H groups in total. The fourth-order valence-corrected chi connectivity index (χ4v) is 1.73. The Kier molecular flexibility index (Phi) is 20.5. The normalized spacial score (nSPS) is 12.2. The van der Waals surface area contributed by atoms with Crippen LogP contribution < -0.4 is 0 Å². The van der Waals surface area contributed by atoms with E-state index >= 15 is 0 Å². The highest BCUT2D eigenvalue weighted by Gasteiger charge is 1.96. The van der Waals surface area contributed by atoms with Gasteiger partial charge in [-0.25, -0.2) is 0 Å². The van der Waals surface area contributed by atoms with Gasteiger partial charge in [0.05, 0.1) is 12.5 Å². The number of rotatable bonds is 12. The molecular weight excluding hydrogens is 288 g/mol. The zero-order valence-electron chi connectivity index (χ0n) is 16.1. The molecule has 0 aromatic carbocycles. The molecule has 0 radical (unpaired) electrons. The Morgan fingerprint density at radius 2 is 1.22 bits per heavy atom. The molecule has 0 bridgehead atoms. The Labute approximate surface area is 144 Å². The average molecular weight is 329 g/mol. The van der Waals surface area contributed by atoms with Crippen LogP contribution in [0.4, 0.5) is 0 Å². The summed E-state index contributed by atoms with van der Waals surface area (Å²) in [5.74, 6) is 0.0463. The molecule has 0 spiro atoms. The molecule has 0 aromatic heterocycles. The number of hydrogen-bond donors (Lipinski definition) is 2. The lowest BCUT2D eigenvalue weighted by Crippen LogP contribution is -2.04. The smallest absolute Gasteiger partial charge is 0.0893 e. The molecule has 3 nitrogen and oxygen atoms in total. The van der Waals surface area contributed by atoms with Crippen molar-refractivity contribution in [2.24, 2.45) is 5.92 Å². The second-order valence-electron chi connectivity index (χ2n) is 6.07. The highest BCUT2D eigenvalue weighted by Crippen LogP contribution is 2.14. The van der Waals surface area contributed by atoms with Gasteiger partial charge in [-0.15, -0.1) is 0 Å². The van der Waals surface area contributed by atoms with E-state index < -0.39 is 0 Å². The van der Waals surface area contributed by atoms with Crippen LogP contribution in [0.1, 0.15) is 86.0 Å². The Balaban J connectivity index is 0. The van der Waals surface area contributed by atoms with Crippen molar-refractivity contribution >= 4 is 0 Å². The molecule has 0 amide bonds. The molecule has 0 saturated carbocycles. The summed E-state index contributed by atoms with van der Waals surface area (Å²) < 4.78 is 5.61. The van der Waals surface area contributed by atoms with E-state index in [9.17, 15) is 0 Å². The number of hydrogen-bond acceptors (Lipinski definition) is 3. The molecule has 0 aromatic rings. The van der Waals surface area contributed by atoms with E-state index in [0.29, 0.717) is 0 Å². The first-order chi connectivity index (χ1) is 11.1. The van der Waals surface area contributed by atoms with Crippen molar-refractivity contribution < 1.29 is 14.9 Å². The summed E-state index contributed by atoms with van der Waals surface area (Å²) in [7, 11) is 0. The Hall–Kier alpha value is -0.800. The van der Waals surface area contributed by atoms with Gasteiger partial charge < -0.3 is 14.9 Å². The zero-order chi connectivity index (χ0) is 17.9. The Morgan fingerprint density at radius 3 is 1.43 bits per heavy atom. The molecule has 3 heteroatoms. The maximum atomic E-state index is 8.17. The van der Waals surface area contributed by atoms with E-state index in [1.54, 1.807) is 6.92 Å². The highest BCUT2D eigenvalue weighted by molar-refractivity contribution is 5.01. The molecule has 0 aliphatic rings. The number of allylic oxidation sites excluding steroid dienone is 2. The Bertz CT molecular complexity index is 267. The summed E-state index contributed by atoms with van der Waals surface area (Å²) in [5, 5.41) is 16.3. The third kappa shape index (κ3) is 17.4. The summed E-state index contributed by atoms with van der Waals surface area (Å²) in [6.45, 7) is 10.8. The van der Waals surface area contributed by atoms with Gasteiger partial charge in [-0.05, 0) is 49.7 Å². The molecule has 138 valence electrons. The molecule has 0 saturated heterocycles. The first-order valence-corrected chi connectivity index (χ1v) is 9.32. The van der Waals surface area contributed by atoms with Crippen LogP contribution in [0.2, 0.25) is 0 Å². The van der Waals surface area contributed by atoms with Crippen LogP contribution in [-0.4, -0.2) is 23.4 Å². The van der Waals surface area contributed by atoms with E-state index in [1.165, 1.54) is 49.7 Å². The minimum absolute atomic E-state index is 0.0463. The third-order valence-electron chi connectivity index (χ3n) is 3.70. The second-order valence-corrected chi connectivity index (χ2v) is 6.07. The number of unbranched alkanes of at least 4 members (excludes halogenated alkanes) is 2. The van der Waals surface area contributed by atoms with E-state index in [0.717, 1.165) is 12.8 Å². The average Bonchev–Trinajstić information content (AvgIpc) is 2.60. The quantitative estimate of drug-likeness (QED) is 0.460. The maximum absolute atomic E-state index is 8.17. The van der Waals surface area contributed by atoms with Crippen molar-refractivity contribution in [3.8, 4) is 0 Å². The second kappa shape index (κ2) is 19.2. The molecule has 0 atom stereocenters. The van der Waals surface area contributed by atoms with E-state index in [1.807, 2.05) is 12.5 Å². The van der Waals surface area contributed by atoms with Gasteiger partial charge in [-0.2, -0.15) is 0 Å². The van der Waals surface area contributed by atoms with Gasteiger partial charge in [0.2, 0.25) is 0 Å². The third-order valence-corrected chi connectivity index (χ3v) is 3.70. The lowest BCUT2D eigenvalue weighted by molar-refractivity contribution is 0.162. The van der Waals surface area contributed by atoms with Gasteiger partial charge in [0.25, 0.3) is 0 Å². The van der Waals surface area contributed by atoms with Crippen molar-refractivity contribution in [1.29, 1.82) is 0 Å². The van der Waals surface area contributed by atoms with Crippen LogP contribution in [0, 0.1) is 5.92 Å². The molecule has 23 heavy (non-hydrogen) atoms. The fourth-order valence-electron chi connectivity index (χ4n) is 1.73. The largest absolute Gasteiger partial charge is 0.473 e. The van der Waals surface area contributed by atoms with Gasteiger partial charge in [0, 0.05) is 19.1 Å². The number of aliphatic hydroxyl groups is 2. The SMILES string of the molecule is CC(CO)CO.CCCCC(=COC=C(CC)CCCC)CC. The molecule has 0 rings (SSSR count). The summed E-state index contributed by atoms with van der Waals surface area (Å²) in [5.41, 5.74) is 2.85. The summed E-state index contributed by atoms with van der Waals surface area (Å²) in [6, 6.07) is 0. The van der Waals surface area contributed by atoms with Gasteiger partial charge in [0.15, 0.2) is 0 Å². The first kappa shape index (κ1) is 24.5.